The first kappa shape index (κ1) is 23.5. The molecule has 180 valence electrons. The van der Waals surface area contributed by atoms with E-state index in [2.05, 4.69) is 26.9 Å². The van der Waals surface area contributed by atoms with Crippen molar-refractivity contribution in [3.8, 4) is 5.75 Å². The van der Waals surface area contributed by atoms with Gasteiger partial charge in [-0.15, -0.1) is 0 Å². The predicted molar refractivity (Wildman–Crippen MR) is 136 cm³/mol. The maximum atomic E-state index is 13.4. The normalized spacial score (nSPS) is 19.6. The molecule has 1 amide bonds. The van der Waals surface area contributed by atoms with Crippen LogP contribution < -0.4 is 9.64 Å². The van der Waals surface area contributed by atoms with Crippen LogP contribution in [0, 0.1) is 0 Å². The molecule has 11 heteroatoms. The molecule has 0 N–H and O–H groups in total. The highest BCUT2D eigenvalue weighted by Gasteiger charge is 2.41. The van der Waals surface area contributed by atoms with Crippen molar-refractivity contribution < 1.29 is 17.9 Å². The van der Waals surface area contributed by atoms with Crippen LogP contribution in [0.1, 0.15) is 12.8 Å². The van der Waals surface area contributed by atoms with E-state index in [9.17, 15) is 13.2 Å². The van der Waals surface area contributed by atoms with Crippen LogP contribution in [0.2, 0.25) is 0 Å². The van der Waals surface area contributed by atoms with E-state index in [1.54, 1.807) is 28.4 Å². The monoisotopic (exact) mass is 564 g/mol. The number of sulfonamides is 1. The van der Waals surface area contributed by atoms with Crippen LogP contribution in [0.15, 0.2) is 51.8 Å². The Hall–Kier alpha value is -2.21. The molecule has 0 spiro atoms. The molecule has 0 saturated carbocycles. The van der Waals surface area contributed by atoms with E-state index in [4.69, 9.17) is 9.72 Å². The van der Waals surface area contributed by atoms with E-state index in [0.717, 1.165) is 19.8 Å². The summed E-state index contributed by atoms with van der Waals surface area (Å²) in [6, 6.07) is 11.7. The van der Waals surface area contributed by atoms with Crippen LogP contribution in [0.3, 0.4) is 0 Å². The number of hydrogen-bond donors (Lipinski definition) is 0. The quantitative estimate of drug-likeness (QED) is 0.471. The largest absolute Gasteiger partial charge is 0.497 e. The molecule has 3 heterocycles. The molecule has 2 aliphatic heterocycles. The number of aromatic nitrogens is 1. The summed E-state index contributed by atoms with van der Waals surface area (Å²) in [6.45, 7) is 2.79. The highest BCUT2D eigenvalue weighted by atomic mass is 79.9. The second-order valence-corrected chi connectivity index (χ2v) is 12.2. The Bertz CT molecular complexity index is 1300. The summed E-state index contributed by atoms with van der Waals surface area (Å²) in [5, 5.41) is 0.949. The highest BCUT2D eigenvalue weighted by Crippen LogP contribution is 2.32. The maximum Gasteiger partial charge on any atom is 0.243 e. The Balaban J connectivity index is 1.26. The number of carbonyl (C=O) groups is 1. The van der Waals surface area contributed by atoms with Crippen LogP contribution in [-0.4, -0.2) is 74.4 Å². The zero-order valence-corrected chi connectivity index (χ0v) is 21.9. The molecule has 0 bridgehead atoms. The molecule has 3 aromatic rings. The number of fused-ring (bicyclic) bond motifs is 1. The molecule has 5 rings (SSSR count). The summed E-state index contributed by atoms with van der Waals surface area (Å²) in [7, 11) is -2.22. The van der Waals surface area contributed by atoms with Crippen molar-refractivity contribution in [2.75, 3.05) is 44.7 Å². The first-order valence-corrected chi connectivity index (χ1v) is 14.2. The second kappa shape index (κ2) is 9.44. The van der Waals surface area contributed by atoms with Gasteiger partial charge in [0.1, 0.15) is 11.8 Å². The van der Waals surface area contributed by atoms with Gasteiger partial charge in [0.05, 0.1) is 22.2 Å². The third-order valence-corrected chi connectivity index (χ3v) is 9.85. The topological polar surface area (TPSA) is 83.0 Å². The molecule has 2 saturated heterocycles. The number of hydrogen-bond acceptors (Lipinski definition) is 7. The molecule has 1 atom stereocenters. The zero-order chi connectivity index (χ0) is 23.9. The first-order chi connectivity index (χ1) is 16.4. The lowest BCUT2D eigenvalue weighted by Gasteiger charge is -2.37. The molecule has 34 heavy (non-hydrogen) atoms. The Labute approximate surface area is 211 Å². The fourth-order valence-corrected chi connectivity index (χ4v) is 7.73. The molecule has 1 aromatic heterocycles. The number of piperazine rings is 1. The van der Waals surface area contributed by atoms with Gasteiger partial charge >= 0.3 is 0 Å². The van der Waals surface area contributed by atoms with Gasteiger partial charge in [0.15, 0.2) is 5.13 Å². The maximum absolute atomic E-state index is 13.4. The number of rotatable bonds is 5. The minimum absolute atomic E-state index is 0.109. The van der Waals surface area contributed by atoms with E-state index in [-0.39, 0.29) is 10.8 Å². The molecular formula is C23H25BrN4O4S2. The molecule has 2 aromatic carbocycles. The molecule has 8 nitrogen and oxygen atoms in total. The molecular weight excluding hydrogens is 540 g/mol. The average Bonchev–Trinajstić information content (AvgIpc) is 3.51. The van der Waals surface area contributed by atoms with Gasteiger partial charge in [-0.05, 0) is 55.3 Å². The molecule has 2 aliphatic rings. The van der Waals surface area contributed by atoms with Crippen molar-refractivity contribution >= 4 is 58.5 Å². The Kier molecular flexibility index (Phi) is 6.54. The number of anilines is 1. The van der Waals surface area contributed by atoms with Crippen LogP contribution in [-0.2, 0) is 14.8 Å². The number of amides is 1. The van der Waals surface area contributed by atoms with Gasteiger partial charge in [0, 0.05) is 37.2 Å². The van der Waals surface area contributed by atoms with Gasteiger partial charge in [-0.2, -0.15) is 4.31 Å². The first-order valence-electron chi connectivity index (χ1n) is 11.1. The van der Waals surface area contributed by atoms with Crippen LogP contribution in [0.25, 0.3) is 10.2 Å². The third kappa shape index (κ3) is 4.41. The van der Waals surface area contributed by atoms with Gasteiger partial charge in [0.2, 0.25) is 15.9 Å². The summed E-state index contributed by atoms with van der Waals surface area (Å²) in [5.74, 6) is 0.481. The summed E-state index contributed by atoms with van der Waals surface area (Å²) < 4.78 is 35.2. The lowest BCUT2D eigenvalue weighted by atomic mass is 10.2. The van der Waals surface area contributed by atoms with E-state index in [1.165, 1.54) is 23.5 Å². The van der Waals surface area contributed by atoms with Crippen molar-refractivity contribution in [3.05, 3.63) is 46.9 Å². The third-order valence-electron chi connectivity index (χ3n) is 6.36. The number of nitrogens with zero attached hydrogens (tertiary/aromatic N) is 4. The van der Waals surface area contributed by atoms with Crippen molar-refractivity contribution in [2.24, 2.45) is 0 Å². The number of ether oxygens (including phenoxy) is 1. The van der Waals surface area contributed by atoms with Gasteiger partial charge in [-0.3, -0.25) is 4.79 Å². The van der Waals surface area contributed by atoms with Gasteiger partial charge in [0.25, 0.3) is 0 Å². The van der Waals surface area contributed by atoms with Gasteiger partial charge < -0.3 is 14.5 Å². The van der Waals surface area contributed by atoms with E-state index >= 15 is 0 Å². The Morgan fingerprint density at radius 1 is 1.09 bits per heavy atom. The van der Waals surface area contributed by atoms with Crippen LogP contribution in [0.4, 0.5) is 5.13 Å². The molecule has 2 fully saturated rings. The predicted octanol–water partition coefficient (Wildman–Crippen LogP) is 3.57. The minimum Gasteiger partial charge on any atom is -0.497 e. The number of halogens is 1. The van der Waals surface area contributed by atoms with Crippen molar-refractivity contribution in [1.29, 1.82) is 0 Å². The van der Waals surface area contributed by atoms with Gasteiger partial charge in [-0.25, -0.2) is 13.4 Å². The van der Waals surface area contributed by atoms with Crippen molar-refractivity contribution in [3.63, 3.8) is 0 Å². The molecule has 0 radical (unpaired) electrons. The van der Waals surface area contributed by atoms with Gasteiger partial charge in [-0.1, -0.05) is 27.3 Å². The fraction of sp³-hybridized carbons (Fsp3) is 0.391. The molecule has 0 aliphatic carbocycles. The number of benzene rings is 2. The number of methoxy groups -OCH3 is 1. The fourth-order valence-electron chi connectivity index (χ4n) is 4.51. The van der Waals surface area contributed by atoms with Crippen molar-refractivity contribution in [1.82, 2.24) is 14.2 Å². The van der Waals surface area contributed by atoms with Crippen LogP contribution in [0.5, 0.6) is 5.75 Å². The van der Waals surface area contributed by atoms with E-state index < -0.39 is 16.1 Å². The zero-order valence-electron chi connectivity index (χ0n) is 18.7. The van der Waals surface area contributed by atoms with Crippen LogP contribution >= 0.6 is 27.3 Å². The SMILES string of the molecule is COc1ccc(S(=O)(=O)N2CCCC2C(=O)N2CCN(c3nc4ccc(Br)cc4s3)CC2)cc1. The standard InChI is InChI=1S/C23H25BrN4O4S2/c1-32-17-5-7-18(8-6-17)34(30,31)28-10-2-3-20(28)22(29)26-11-13-27(14-12-26)23-25-19-9-4-16(24)15-21(19)33-23/h4-9,15,20H,2-3,10-14H2,1H3. The summed E-state index contributed by atoms with van der Waals surface area (Å²) in [6.07, 6.45) is 1.22. The van der Waals surface area contributed by atoms with Crippen molar-refractivity contribution in [2.45, 2.75) is 23.8 Å². The summed E-state index contributed by atoms with van der Waals surface area (Å²) >= 11 is 5.14. The van der Waals surface area contributed by atoms with E-state index in [1.807, 2.05) is 12.1 Å². The number of carbonyl (C=O) groups excluding carboxylic acids is 1. The lowest BCUT2D eigenvalue weighted by Crippen LogP contribution is -2.54. The summed E-state index contributed by atoms with van der Waals surface area (Å²) in [4.78, 5) is 22.3. The second-order valence-electron chi connectivity index (χ2n) is 8.37. The smallest absolute Gasteiger partial charge is 0.243 e. The Morgan fingerprint density at radius 2 is 1.82 bits per heavy atom. The highest BCUT2D eigenvalue weighted by molar-refractivity contribution is 9.10. The lowest BCUT2D eigenvalue weighted by molar-refractivity contribution is -0.134. The number of thiazole rings is 1. The molecule has 1 unspecified atom stereocenters. The average molecular weight is 566 g/mol. The van der Waals surface area contributed by atoms with E-state index in [0.29, 0.717) is 51.3 Å². The minimum atomic E-state index is -3.76. The summed E-state index contributed by atoms with van der Waals surface area (Å²) in [5.41, 5.74) is 0.965. The Morgan fingerprint density at radius 3 is 2.53 bits per heavy atom.